The Morgan fingerprint density at radius 2 is 1.48 bits per heavy atom. The lowest BCUT2D eigenvalue weighted by Crippen LogP contribution is -2.50. The van der Waals surface area contributed by atoms with Gasteiger partial charge in [0.05, 0.1) is 18.6 Å². The minimum atomic E-state index is -1.16. The van der Waals surface area contributed by atoms with Gasteiger partial charge in [0.25, 0.3) is 5.91 Å². The van der Waals surface area contributed by atoms with E-state index < -0.39 is 23.8 Å². The monoisotopic (exact) mass is 648 g/mol. The van der Waals surface area contributed by atoms with Crippen LogP contribution < -0.4 is 20.7 Å². The van der Waals surface area contributed by atoms with Crippen LogP contribution in [-0.4, -0.2) is 66.6 Å². The van der Waals surface area contributed by atoms with E-state index in [4.69, 9.17) is 4.74 Å². The number of urea groups is 1. The van der Waals surface area contributed by atoms with Gasteiger partial charge in [0.2, 0.25) is 5.91 Å². The highest BCUT2D eigenvalue weighted by Crippen LogP contribution is 2.25. The number of carboxylic acids is 1. The maximum absolute atomic E-state index is 13.2. The lowest BCUT2D eigenvalue weighted by molar-refractivity contribution is -0.142. The van der Waals surface area contributed by atoms with Crippen molar-refractivity contribution in [2.24, 2.45) is 5.92 Å². The Labute approximate surface area is 280 Å². The summed E-state index contributed by atoms with van der Waals surface area (Å²) in [5.74, 6) is -1.88. The van der Waals surface area contributed by atoms with Gasteiger partial charge in [-0.25, -0.2) is 9.59 Å². The molecule has 4 aromatic carbocycles. The molecule has 1 aliphatic rings. The molecule has 0 saturated carbocycles. The molecular formula is C38H40N4O6. The molecule has 4 aromatic rings. The number of piperidine rings is 1. The molecule has 1 unspecified atom stereocenters. The fraction of sp³-hybridized carbons (Fsp3) is 0.263. The Bertz CT molecular complexity index is 1660. The molecule has 1 fully saturated rings. The van der Waals surface area contributed by atoms with E-state index in [0.29, 0.717) is 48.5 Å². The maximum atomic E-state index is 13.2. The first-order valence-electron chi connectivity index (χ1n) is 16.0. The molecule has 0 aliphatic carbocycles. The first-order chi connectivity index (χ1) is 23.3. The molecule has 0 radical (unpaired) electrons. The average molecular weight is 649 g/mol. The van der Waals surface area contributed by atoms with Gasteiger partial charge in [-0.2, -0.15) is 0 Å². The molecule has 4 N–H and O–H groups in total. The summed E-state index contributed by atoms with van der Waals surface area (Å²) in [6.07, 6.45) is 1.23. The lowest BCUT2D eigenvalue weighted by Gasteiger charge is -2.33. The number of ether oxygens (including phenoxy) is 1. The van der Waals surface area contributed by atoms with E-state index in [0.717, 1.165) is 11.1 Å². The van der Waals surface area contributed by atoms with E-state index in [1.54, 1.807) is 53.4 Å². The van der Waals surface area contributed by atoms with Crippen molar-refractivity contribution in [1.82, 2.24) is 15.5 Å². The fourth-order valence-corrected chi connectivity index (χ4v) is 5.99. The molecule has 4 amide bonds. The quantitative estimate of drug-likeness (QED) is 0.164. The summed E-state index contributed by atoms with van der Waals surface area (Å²) in [4.78, 5) is 52.9. The summed E-state index contributed by atoms with van der Waals surface area (Å²) in [7, 11) is 1.50. The Morgan fingerprint density at radius 3 is 2.10 bits per heavy atom. The number of hydrogen-bond donors (Lipinski definition) is 4. The van der Waals surface area contributed by atoms with Gasteiger partial charge in [-0.05, 0) is 53.8 Å². The number of benzene rings is 4. The fourth-order valence-electron chi connectivity index (χ4n) is 5.99. The lowest BCUT2D eigenvalue weighted by atomic mass is 9.91. The van der Waals surface area contributed by atoms with E-state index >= 15 is 0 Å². The highest BCUT2D eigenvalue weighted by molar-refractivity contribution is 5.97. The van der Waals surface area contributed by atoms with E-state index in [2.05, 4.69) is 16.0 Å². The van der Waals surface area contributed by atoms with Crippen LogP contribution in [0.25, 0.3) is 0 Å². The predicted molar refractivity (Wildman–Crippen MR) is 183 cm³/mol. The number of nitrogens with zero attached hydrogens (tertiary/aromatic N) is 1. The summed E-state index contributed by atoms with van der Waals surface area (Å²) in [5, 5.41) is 18.4. The Kier molecular flexibility index (Phi) is 11.4. The summed E-state index contributed by atoms with van der Waals surface area (Å²) >= 11 is 0. The van der Waals surface area contributed by atoms with Gasteiger partial charge >= 0.3 is 12.0 Å². The van der Waals surface area contributed by atoms with E-state index in [9.17, 15) is 24.3 Å². The van der Waals surface area contributed by atoms with Crippen LogP contribution in [0.1, 0.15) is 45.8 Å². The molecule has 10 heteroatoms. The van der Waals surface area contributed by atoms with Crippen LogP contribution in [0.2, 0.25) is 0 Å². The first-order valence-corrected chi connectivity index (χ1v) is 16.0. The topological polar surface area (TPSA) is 137 Å². The van der Waals surface area contributed by atoms with Crippen LogP contribution in [0.5, 0.6) is 5.75 Å². The Balaban J connectivity index is 1.14. The number of carbonyl (C=O) groups is 4. The second-order valence-corrected chi connectivity index (χ2v) is 11.8. The average Bonchev–Trinajstić information content (AvgIpc) is 3.12. The summed E-state index contributed by atoms with van der Waals surface area (Å²) in [6.45, 7) is 1.09. The molecule has 1 aliphatic heterocycles. The highest BCUT2D eigenvalue weighted by atomic mass is 16.5. The molecule has 2 atom stereocenters. The molecule has 0 bridgehead atoms. The van der Waals surface area contributed by atoms with Crippen molar-refractivity contribution < 1.29 is 29.0 Å². The van der Waals surface area contributed by atoms with Crippen LogP contribution in [0.15, 0.2) is 109 Å². The van der Waals surface area contributed by atoms with Crippen molar-refractivity contribution in [1.29, 1.82) is 0 Å². The molecule has 1 heterocycles. The Hall–Kier alpha value is -5.64. The summed E-state index contributed by atoms with van der Waals surface area (Å²) in [6, 6.07) is 32.2. The van der Waals surface area contributed by atoms with E-state index in [1.165, 1.54) is 7.11 Å². The van der Waals surface area contributed by atoms with Crippen LogP contribution in [0.4, 0.5) is 10.5 Å². The van der Waals surface area contributed by atoms with Crippen LogP contribution in [0, 0.1) is 5.92 Å². The van der Waals surface area contributed by atoms with Gasteiger partial charge in [0.1, 0.15) is 11.8 Å². The van der Waals surface area contributed by atoms with Gasteiger partial charge < -0.3 is 30.7 Å². The predicted octanol–water partition coefficient (Wildman–Crippen LogP) is 5.31. The van der Waals surface area contributed by atoms with Crippen molar-refractivity contribution in [2.75, 3.05) is 32.1 Å². The van der Waals surface area contributed by atoms with Gasteiger partial charge in [0.15, 0.2) is 0 Å². The van der Waals surface area contributed by atoms with Crippen molar-refractivity contribution >= 4 is 29.5 Å². The standard InChI is InChI=1S/C38H40N4O6/c1-48-34-17-9-8-16-31(34)36(44)42-22-10-15-29(25-42)35(43)41-33(37(45)46)23-26-18-20-30(21-19-26)40-38(47)39-24-32(27-11-4-2-5-12-27)28-13-6-3-7-14-28/h2-9,11-14,16-21,29,32-33H,10,15,22-25H2,1H3,(H,41,43)(H,45,46)(H2,39,40,47)/t29?,33-/m0/s1. The Morgan fingerprint density at radius 1 is 0.854 bits per heavy atom. The molecule has 10 nitrogen and oxygen atoms in total. The molecule has 0 aromatic heterocycles. The maximum Gasteiger partial charge on any atom is 0.326 e. The zero-order valence-corrected chi connectivity index (χ0v) is 26.8. The number of hydrogen-bond acceptors (Lipinski definition) is 5. The molecular weight excluding hydrogens is 608 g/mol. The third kappa shape index (κ3) is 8.79. The van der Waals surface area contributed by atoms with Crippen molar-refractivity contribution in [2.45, 2.75) is 31.2 Å². The molecule has 0 spiro atoms. The molecule has 248 valence electrons. The van der Waals surface area contributed by atoms with Gasteiger partial charge in [-0.15, -0.1) is 0 Å². The van der Waals surface area contributed by atoms with Crippen molar-refractivity contribution in [3.63, 3.8) is 0 Å². The SMILES string of the molecule is COc1ccccc1C(=O)N1CCCC(C(=O)N[C@@H](Cc2ccc(NC(=O)NCC(c3ccccc3)c3ccccc3)cc2)C(=O)O)C1. The minimum absolute atomic E-state index is 0.0202. The molecule has 48 heavy (non-hydrogen) atoms. The van der Waals surface area contributed by atoms with Crippen molar-refractivity contribution in [3.8, 4) is 5.75 Å². The van der Waals surface area contributed by atoms with Crippen molar-refractivity contribution in [3.05, 3.63) is 131 Å². The number of likely N-dealkylation sites (tertiary alicyclic amines) is 1. The number of amides is 4. The first kappa shape index (κ1) is 33.7. The number of carbonyl (C=O) groups excluding carboxylic acids is 3. The smallest absolute Gasteiger partial charge is 0.326 e. The van der Waals surface area contributed by atoms with Crippen LogP contribution in [0.3, 0.4) is 0 Å². The molecule has 5 rings (SSSR count). The largest absolute Gasteiger partial charge is 0.496 e. The third-order valence-corrected chi connectivity index (χ3v) is 8.55. The zero-order valence-electron chi connectivity index (χ0n) is 26.8. The number of aliphatic carboxylic acids is 1. The van der Waals surface area contributed by atoms with Crippen LogP contribution in [-0.2, 0) is 16.0 Å². The third-order valence-electron chi connectivity index (χ3n) is 8.55. The molecule has 1 saturated heterocycles. The van der Waals surface area contributed by atoms with Crippen LogP contribution >= 0.6 is 0 Å². The zero-order chi connectivity index (χ0) is 33.9. The number of methoxy groups -OCH3 is 1. The minimum Gasteiger partial charge on any atom is -0.496 e. The number of nitrogens with one attached hydrogen (secondary N) is 3. The number of carboxylic acid groups (broad SMARTS) is 1. The number of rotatable bonds is 12. The van der Waals surface area contributed by atoms with E-state index in [-0.39, 0.29) is 30.8 Å². The van der Waals surface area contributed by atoms with E-state index in [1.807, 2.05) is 60.7 Å². The normalized spacial score (nSPS) is 14.9. The van der Waals surface area contributed by atoms with Gasteiger partial charge in [-0.3, -0.25) is 9.59 Å². The van der Waals surface area contributed by atoms with Gasteiger partial charge in [-0.1, -0.05) is 84.9 Å². The summed E-state index contributed by atoms with van der Waals surface area (Å²) in [5.41, 5.74) is 3.83. The van der Waals surface area contributed by atoms with Gasteiger partial charge in [0, 0.05) is 37.7 Å². The second-order valence-electron chi connectivity index (χ2n) is 11.8. The number of para-hydroxylation sites is 1. The highest BCUT2D eigenvalue weighted by Gasteiger charge is 2.32. The summed E-state index contributed by atoms with van der Waals surface area (Å²) < 4.78 is 5.33. The second kappa shape index (κ2) is 16.3. The number of anilines is 1.